The molecular formula is C31H36N4O4S2. The Labute approximate surface area is 251 Å². The molecule has 2 aliphatic heterocycles. The molecule has 1 aromatic carbocycles. The first-order valence-electron chi connectivity index (χ1n) is 14.2. The molecule has 2 aromatic rings. The summed E-state index contributed by atoms with van der Waals surface area (Å²) in [5.41, 5.74) is 2.10. The molecule has 0 bridgehead atoms. The summed E-state index contributed by atoms with van der Waals surface area (Å²) in [7, 11) is 0. The van der Waals surface area contributed by atoms with Crippen LogP contribution >= 0.6 is 24.0 Å². The predicted octanol–water partition coefficient (Wildman–Crippen LogP) is 5.05. The van der Waals surface area contributed by atoms with Crippen LogP contribution in [0.3, 0.4) is 0 Å². The Morgan fingerprint density at radius 3 is 2.51 bits per heavy atom. The number of esters is 1. The van der Waals surface area contributed by atoms with E-state index in [9.17, 15) is 19.6 Å². The number of carbonyl (C=O) groups excluding carboxylic acids is 2. The number of nitrogens with zero attached hydrogens (tertiary/aromatic N) is 4. The molecule has 41 heavy (non-hydrogen) atoms. The lowest BCUT2D eigenvalue weighted by molar-refractivity contribution is -0.148. The number of pyridine rings is 1. The zero-order valence-corrected chi connectivity index (χ0v) is 25.5. The van der Waals surface area contributed by atoms with E-state index in [1.807, 2.05) is 30.3 Å². The third-order valence-corrected chi connectivity index (χ3v) is 8.99. The Morgan fingerprint density at radius 1 is 1.17 bits per heavy atom. The maximum Gasteiger partial charge on any atom is 0.309 e. The van der Waals surface area contributed by atoms with E-state index in [1.165, 1.54) is 11.8 Å². The summed E-state index contributed by atoms with van der Waals surface area (Å²) in [6.07, 6.45) is 5.32. The fourth-order valence-corrected chi connectivity index (χ4v) is 6.60. The van der Waals surface area contributed by atoms with E-state index in [0.29, 0.717) is 78.2 Å². The number of carbonyl (C=O) groups is 2. The number of thiocarbonyl (C=S) groups is 1. The van der Waals surface area contributed by atoms with Gasteiger partial charge in [0.25, 0.3) is 11.5 Å². The lowest BCUT2D eigenvalue weighted by Crippen LogP contribution is -2.41. The van der Waals surface area contributed by atoms with Crippen LogP contribution in [0.25, 0.3) is 6.08 Å². The molecule has 2 aliphatic rings. The van der Waals surface area contributed by atoms with Gasteiger partial charge >= 0.3 is 5.97 Å². The summed E-state index contributed by atoms with van der Waals surface area (Å²) in [4.78, 5) is 43.7. The van der Waals surface area contributed by atoms with Crippen molar-refractivity contribution in [3.63, 3.8) is 0 Å². The highest BCUT2D eigenvalue weighted by Crippen LogP contribution is 2.37. The highest BCUT2D eigenvalue weighted by Gasteiger charge is 2.34. The van der Waals surface area contributed by atoms with Gasteiger partial charge in [0.15, 0.2) is 0 Å². The van der Waals surface area contributed by atoms with Crippen molar-refractivity contribution in [1.29, 1.82) is 5.26 Å². The third kappa shape index (κ3) is 6.74. The number of benzene rings is 1. The molecule has 0 radical (unpaired) electrons. The van der Waals surface area contributed by atoms with E-state index in [0.717, 1.165) is 18.4 Å². The van der Waals surface area contributed by atoms with Gasteiger partial charge in [-0.05, 0) is 56.7 Å². The lowest BCUT2D eigenvalue weighted by atomic mass is 9.95. The molecule has 1 aromatic heterocycles. The normalized spacial score (nSPS) is 16.9. The number of hydrogen-bond acceptors (Lipinski definition) is 8. The molecule has 1 amide bonds. The molecular weight excluding hydrogens is 556 g/mol. The van der Waals surface area contributed by atoms with Crippen LogP contribution in [0, 0.1) is 24.2 Å². The van der Waals surface area contributed by atoms with Gasteiger partial charge in [-0.2, -0.15) is 5.26 Å². The second kappa shape index (κ2) is 14.0. The number of thioether (sulfide) groups is 1. The number of rotatable bonds is 10. The minimum Gasteiger partial charge on any atom is -0.466 e. The van der Waals surface area contributed by atoms with Gasteiger partial charge in [-0.1, -0.05) is 67.7 Å². The predicted molar refractivity (Wildman–Crippen MR) is 167 cm³/mol. The van der Waals surface area contributed by atoms with Crippen molar-refractivity contribution < 1.29 is 14.3 Å². The van der Waals surface area contributed by atoms with E-state index < -0.39 is 0 Å². The molecule has 0 aliphatic carbocycles. The van der Waals surface area contributed by atoms with E-state index in [2.05, 4.69) is 17.9 Å². The number of hydrogen-bond donors (Lipinski definition) is 0. The summed E-state index contributed by atoms with van der Waals surface area (Å²) in [5, 5.41) is 9.95. The first-order chi connectivity index (χ1) is 19.8. The van der Waals surface area contributed by atoms with Gasteiger partial charge in [0.1, 0.15) is 21.8 Å². The molecule has 0 saturated carbocycles. The van der Waals surface area contributed by atoms with Crippen LogP contribution in [0.2, 0.25) is 0 Å². The molecule has 0 atom stereocenters. The van der Waals surface area contributed by atoms with E-state index in [1.54, 1.807) is 29.4 Å². The van der Waals surface area contributed by atoms with Crippen molar-refractivity contribution in [3.05, 3.63) is 67.8 Å². The average Bonchev–Trinajstić information content (AvgIpc) is 3.25. The molecule has 2 fully saturated rings. The van der Waals surface area contributed by atoms with Crippen LogP contribution in [0.4, 0.5) is 5.82 Å². The third-order valence-electron chi connectivity index (χ3n) is 7.61. The molecule has 10 heteroatoms. The minimum absolute atomic E-state index is 0.0806. The van der Waals surface area contributed by atoms with Crippen LogP contribution in [0.1, 0.15) is 61.8 Å². The minimum atomic E-state index is -0.325. The van der Waals surface area contributed by atoms with E-state index in [4.69, 9.17) is 17.0 Å². The maximum absolute atomic E-state index is 13.5. The number of unbranched alkanes of at least 4 members (excludes halogenated alkanes) is 1. The Bertz CT molecular complexity index is 1440. The first-order valence-corrected chi connectivity index (χ1v) is 15.4. The standard InChI is InChI=1S/C31H36N4O4S2/c1-4-6-15-34-27(33-16-13-23(14-17-33)30(38)39-5-2)24(21(3)25(20-32)28(34)36)19-26-29(37)35(31(40)41-26)18-12-22-10-8-7-9-11-22/h7-11,19,23H,4-6,12-18H2,1-3H3/b26-19-. The van der Waals surface area contributed by atoms with Crippen LogP contribution in [0.5, 0.6) is 0 Å². The molecule has 0 unspecified atom stereocenters. The second-order valence-electron chi connectivity index (χ2n) is 10.2. The topological polar surface area (TPSA) is 95.6 Å². The van der Waals surface area contributed by atoms with Crippen LogP contribution < -0.4 is 10.5 Å². The smallest absolute Gasteiger partial charge is 0.309 e. The highest BCUT2D eigenvalue weighted by molar-refractivity contribution is 8.26. The molecule has 0 spiro atoms. The van der Waals surface area contributed by atoms with Gasteiger partial charge in [0.2, 0.25) is 0 Å². The Morgan fingerprint density at radius 2 is 1.88 bits per heavy atom. The van der Waals surface area contributed by atoms with Crippen LogP contribution in [-0.4, -0.2) is 51.9 Å². The Kier molecular flexibility index (Phi) is 10.4. The summed E-state index contributed by atoms with van der Waals surface area (Å²) in [5.74, 6) is 0.140. The van der Waals surface area contributed by atoms with E-state index >= 15 is 0 Å². The van der Waals surface area contributed by atoms with E-state index in [-0.39, 0.29) is 28.9 Å². The van der Waals surface area contributed by atoms with Gasteiger partial charge in [0, 0.05) is 31.7 Å². The molecule has 4 rings (SSSR count). The first kappa shape index (κ1) is 30.5. The van der Waals surface area contributed by atoms with Crippen molar-refractivity contribution in [2.24, 2.45) is 5.92 Å². The van der Waals surface area contributed by atoms with Crippen molar-refractivity contribution in [2.75, 3.05) is 31.1 Å². The van der Waals surface area contributed by atoms with Gasteiger partial charge in [-0.3, -0.25) is 23.9 Å². The highest BCUT2D eigenvalue weighted by atomic mass is 32.2. The lowest BCUT2D eigenvalue weighted by Gasteiger charge is -2.35. The SMILES string of the molecule is CCCCn1c(N2CCC(C(=O)OCC)CC2)c(/C=C2\SC(=S)N(CCc3ccccc3)C2=O)c(C)c(C#N)c1=O. The number of amides is 1. The summed E-state index contributed by atoms with van der Waals surface area (Å²) >= 11 is 6.84. The van der Waals surface area contributed by atoms with Gasteiger partial charge in [-0.25, -0.2) is 0 Å². The quantitative estimate of drug-likeness (QED) is 0.215. The number of nitriles is 1. The molecule has 8 nitrogen and oxygen atoms in total. The summed E-state index contributed by atoms with van der Waals surface area (Å²) < 4.78 is 7.42. The Hall–Kier alpha value is -3.42. The van der Waals surface area contributed by atoms with Crippen molar-refractivity contribution in [1.82, 2.24) is 9.47 Å². The van der Waals surface area contributed by atoms with Gasteiger partial charge < -0.3 is 9.64 Å². The Balaban J connectivity index is 1.72. The molecule has 0 N–H and O–H groups in total. The fourth-order valence-electron chi connectivity index (χ4n) is 5.31. The fraction of sp³-hybridized carbons (Fsp3) is 0.452. The monoisotopic (exact) mass is 592 g/mol. The van der Waals surface area contributed by atoms with Crippen molar-refractivity contribution >= 4 is 52.1 Å². The van der Waals surface area contributed by atoms with Gasteiger partial charge in [-0.15, -0.1) is 0 Å². The number of anilines is 1. The molecule has 3 heterocycles. The van der Waals surface area contributed by atoms with Crippen LogP contribution in [0.15, 0.2) is 40.0 Å². The largest absolute Gasteiger partial charge is 0.466 e. The second-order valence-corrected chi connectivity index (χ2v) is 11.9. The summed E-state index contributed by atoms with van der Waals surface area (Å²) in [6.45, 7) is 8.00. The summed E-state index contributed by atoms with van der Waals surface area (Å²) in [6, 6.07) is 12.1. The number of ether oxygens (including phenoxy) is 1. The van der Waals surface area contributed by atoms with Gasteiger partial charge in [0.05, 0.1) is 17.4 Å². The van der Waals surface area contributed by atoms with Crippen molar-refractivity contribution in [2.45, 2.75) is 59.4 Å². The maximum atomic E-state index is 13.5. The zero-order chi connectivity index (χ0) is 29.5. The zero-order valence-electron chi connectivity index (χ0n) is 23.9. The number of aromatic nitrogens is 1. The molecule has 216 valence electrons. The molecule has 2 saturated heterocycles. The average molecular weight is 593 g/mol. The van der Waals surface area contributed by atoms with Crippen molar-refractivity contribution in [3.8, 4) is 6.07 Å². The number of piperidine rings is 1. The van der Waals surface area contributed by atoms with Crippen LogP contribution in [-0.2, 0) is 27.3 Å².